The Bertz CT molecular complexity index is 807. The van der Waals surface area contributed by atoms with Gasteiger partial charge in [0.1, 0.15) is 11.5 Å². The number of unbranched alkanes of at least 4 members (excludes halogenated alkanes) is 6. The first kappa shape index (κ1) is 23.7. The molecular formula is C24H31ClN2O3. The Labute approximate surface area is 184 Å². The Morgan fingerprint density at radius 3 is 2.47 bits per heavy atom. The van der Waals surface area contributed by atoms with Crippen molar-refractivity contribution in [3.8, 4) is 11.5 Å². The number of hydrogen-bond acceptors (Lipinski definition) is 4. The summed E-state index contributed by atoms with van der Waals surface area (Å²) >= 11 is 6.29. The number of rotatable bonds is 13. The molecule has 0 radical (unpaired) electrons. The first-order valence-corrected chi connectivity index (χ1v) is 11.0. The maximum absolute atomic E-state index is 11.9. The lowest BCUT2D eigenvalue weighted by atomic mass is 10.1. The van der Waals surface area contributed by atoms with Gasteiger partial charge in [0.15, 0.2) is 0 Å². The second-order valence-electron chi connectivity index (χ2n) is 7.30. The standard InChI is InChI=1S/C24H31ClN2O3/c1-2-3-4-5-6-7-8-15-30-23-14-11-20(16-22(23)25)18-26-27-24(29)17-19-9-12-21(28)13-10-19/h9-14,16,18,28H,2-8,15,17H2,1H3,(H,27,29)/b26-18-. The number of amides is 1. The summed E-state index contributed by atoms with van der Waals surface area (Å²) in [4.78, 5) is 11.9. The summed E-state index contributed by atoms with van der Waals surface area (Å²) in [7, 11) is 0. The number of carbonyl (C=O) groups excluding carboxylic acids is 1. The number of hydrazone groups is 1. The number of nitrogens with zero attached hydrogens (tertiary/aromatic N) is 1. The zero-order chi connectivity index (χ0) is 21.6. The molecule has 1 amide bonds. The van der Waals surface area contributed by atoms with Gasteiger partial charge in [-0.05, 0) is 47.9 Å². The fraction of sp³-hybridized carbons (Fsp3) is 0.417. The van der Waals surface area contributed by atoms with E-state index >= 15 is 0 Å². The number of carbonyl (C=O) groups is 1. The van der Waals surface area contributed by atoms with Gasteiger partial charge in [-0.1, -0.05) is 69.2 Å². The van der Waals surface area contributed by atoms with Gasteiger partial charge < -0.3 is 9.84 Å². The molecule has 2 rings (SSSR count). The van der Waals surface area contributed by atoms with E-state index in [0.29, 0.717) is 17.4 Å². The molecule has 0 aliphatic rings. The van der Waals surface area contributed by atoms with Crippen molar-refractivity contribution in [1.82, 2.24) is 5.43 Å². The Balaban J connectivity index is 1.69. The van der Waals surface area contributed by atoms with Crippen LogP contribution in [0.15, 0.2) is 47.6 Å². The SMILES string of the molecule is CCCCCCCCCOc1ccc(/C=N\NC(=O)Cc2ccc(O)cc2)cc1Cl. The van der Waals surface area contributed by atoms with Crippen molar-refractivity contribution in [3.63, 3.8) is 0 Å². The summed E-state index contributed by atoms with van der Waals surface area (Å²) in [5, 5.41) is 13.8. The summed E-state index contributed by atoms with van der Waals surface area (Å²) in [6.07, 6.45) is 10.4. The minimum absolute atomic E-state index is 0.170. The van der Waals surface area contributed by atoms with Crippen molar-refractivity contribution in [2.45, 2.75) is 58.3 Å². The predicted octanol–water partition coefficient (Wildman–Crippen LogP) is 5.87. The van der Waals surface area contributed by atoms with Crippen LogP contribution in [0.25, 0.3) is 0 Å². The summed E-state index contributed by atoms with van der Waals surface area (Å²) in [5.41, 5.74) is 4.06. The molecule has 0 fully saturated rings. The number of phenolic OH excluding ortho intramolecular Hbond substituents is 1. The van der Waals surface area contributed by atoms with Crippen molar-refractivity contribution < 1.29 is 14.6 Å². The largest absolute Gasteiger partial charge is 0.508 e. The minimum Gasteiger partial charge on any atom is -0.508 e. The van der Waals surface area contributed by atoms with Crippen LogP contribution in [-0.4, -0.2) is 23.8 Å². The molecule has 0 aliphatic heterocycles. The number of aromatic hydroxyl groups is 1. The van der Waals surface area contributed by atoms with Crippen LogP contribution < -0.4 is 10.2 Å². The third-order valence-corrected chi connectivity index (χ3v) is 4.96. The van der Waals surface area contributed by atoms with E-state index in [1.54, 1.807) is 36.5 Å². The van der Waals surface area contributed by atoms with Crippen molar-refractivity contribution >= 4 is 23.7 Å². The number of benzene rings is 2. The average molecular weight is 431 g/mol. The smallest absolute Gasteiger partial charge is 0.244 e. The van der Waals surface area contributed by atoms with Gasteiger partial charge in [-0.2, -0.15) is 5.10 Å². The zero-order valence-corrected chi connectivity index (χ0v) is 18.3. The van der Waals surface area contributed by atoms with Crippen LogP contribution in [-0.2, 0) is 11.2 Å². The van der Waals surface area contributed by atoms with Gasteiger partial charge in [0, 0.05) is 0 Å². The average Bonchev–Trinajstić information content (AvgIpc) is 2.73. The number of nitrogens with one attached hydrogen (secondary N) is 1. The Morgan fingerprint density at radius 1 is 1.07 bits per heavy atom. The molecule has 30 heavy (non-hydrogen) atoms. The van der Waals surface area contributed by atoms with E-state index in [-0.39, 0.29) is 18.1 Å². The molecule has 0 heterocycles. The molecule has 2 N–H and O–H groups in total. The van der Waals surface area contributed by atoms with Gasteiger partial charge in [0.05, 0.1) is 24.3 Å². The number of halogens is 1. The van der Waals surface area contributed by atoms with Crippen LogP contribution in [0.1, 0.15) is 63.0 Å². The van der Waals surface area contributed by atoms with Crippen molar-refractivity contribution in [2.75, 3.05) is 6.61 Å². The molecule has 0 spiro atoms. The van der Waals surface area contributed by atoms with E-state index < -0.39 is 0 Å². The molecular weight excluding hydrogens is 400 g/mol. The normalized spacial score (nSPS) is 11.0. The highest BCUT2D eigenvalue weighted by molar-refractivity contribution is 6.32. The molecule has 0 saturated carbocycles. The van der Waals surface area contributed by atoms with E-state index in [0.717, 1.165) is 17.5 Å². The van der Waals surface area contributed by atoms with Crippen LogP contribution in [0.4, 0.5) is 0 Å². The monoisotopic (exact) mass is 430 g/mol. The molecule has 162 valence electrons. The van der Waals surface area contributed by atoms with Gasteiger partial charge >= 0.3 is 0 Å². The number of hydrogen-bond donors (Lipinski definition) is 2. The Hall–Kier alpha value is -2.53. The highest BCUT2D eigenvalue weighted by Gasteiger charge is 2.04. The first-order chi connectivity index (χ1) is 14.6. The lowest BCUT2D eigenvalue weighted by Gasteiger charge is -2.08. The van der Waals surface area contributed by atoms with Gasteiger partial charge in [-0.25, -0.2) is 5.43 Å². The van der Waals surface area contributed by atoms with Crippen LogP contribution in [0.2, 0.25) is 5.02 Å². The van der Waals surface area contributed by atoms with Crippen LogP contribution >= 0.6 is 11.6 Å². The molecule has 2 aromatic carbocycles. The van der Waals surface area contributed by atoms with E-state index in [2.05, 4.69) is 17.5 Å². The topological polar surface area (TPSA) is 70.9 Å². The quantitative estimate of drug-likeness (QED) is 0.237. The van der Waals surface area contributed by atoms with Gasteiger partial charge in [0.2, 0.25) is 5.91 Å². The summed E-state index contributed by atoms with van der Waals surface area (Å²) in [5.74, 6) is 0.595. The van der Waals surface area contributed by atoms with Crippen LogP contribution in [0, 0.1) is 0 Å². The van der Waals surface area contributed by atoms with Crippen molar-refractivity contribution in [3.05, 3.63) is 58.6 Å². The molecule has 6 heteroatoms. The van der Waals surface area contributed by atoms with Gasteiger partial charge in [-0.15, -0.1) is 0 Å². The van der Waals surface area contributed by atoms with E-state index in [4.69, 9.17) is 16.3 Å². The lowest BCUT2D eigenvalue weighted by Crippen LogP contribution is -2.19. The third kappa shape index (κ3) is 9.31. The molecule has 0 bridgehead atoms. The van der Waals surface area contributed by atoms with Crippen molar-refractivity contribution in [2.24, 2.45) is 5.10 Å². The highest BCUT2D eigenvalue weighted by atomic mass is 35.5. The maximum atomic E-state index is 11.9. The second kappa shape index (κ2) is 13.6. The minimum atomic E-state index is -0.238. The molecule has 2 aromatic rings. The zero-order valence-electron chi connectivity index (χ0n) is 17.6. The molecule has 0 atom stereocenters. The summed E-state index contributed by atoms with van der Waals surface area (Å²) in [6.45, 7) is 2.89. The fourth-order valence-corrected chi connectivity index (χ4v) is 3.22. The third-order valence-electron chi connectivity index (χ3n) is 4.67. The van der Waals surface area contributed by atoms with Gasteiger partial charge in [-0.3, -0.25) is 4.79 Å². The second-order valence-corrected chi connectivity index (χ2v) is 7.70. The number of phenols is 1. The Morgan fingerprint density at radius 2 is 1.77 bits per heavy atom. The first-order valence-electron chi connectivity index (χ1n) is 10.6. The van der Waals surface area contributed by atoms with Crippen molar-refractivity contribution in [1.29, 1.82) is 0 Å². The van der Waals surface area contributed by atoms with E-state index in [1.807, 2.05) is 12.1 Å². The van der Waals surface area contributed by atoms with E-state index in [9.17, 15) is 9.90 Å². The van der Waals surface area contributed by atoms with Crippen LogP contribution in [0.5, 0.6) is 11.5 Å². The summed E-state index contributed by atoms with van der Waals surface area (Å²) < 4.78 is 5.77. The van der Waals surface area contributed by atoms with Gasteiger partial charge in [0.25, 0.3) is 0 Å². The van der Waals surface area contributed by atoms with E-state index in [1.165, 1.54) is 38.5 Å². The fourth-order valence-electron chi connectivity index (χ4n) is 2.97. The predicted molar refractivity (Wildman–Crippen MR) is 122 cm³/mol. The molecule has 0 unspecified atom stereocenters. The molecule has 5 nitrogen and oxygen atoms in total. The number of ether oxygens (including phenoxy) is 1. The maximum Gasteiger partial charge on any atom is 0.244 e. The molecule has 0 aliphatic carbocycles. The highest BCUT2D eigenvalue weighted by Crippen LogP contribution is 2.25. The summed E-state index contributed by atoms with van der Waals surface area (Å²) in [6, 6.07) is 11.9. The lowest BCUT2D eigenvalue weighted by molar-refractivity contribution is -0.120. The molecule has 0 aromatic heterocycles. The molecule has 0 saturated heterocycles. The Kier molecular flexibility index (Phi) is 10.8. The van der Waals surface area contributed by atoms with Crippen LogP contribution in [0.3, 0.4) is 0 Å².